The third-order valence-corrected chi connectivity index (χ3v) is 3.15. The maximum atomic E-state index is 12.1. The van der Waals surface area contributed by atoms with E-state index in [0.717, 1.165) is 6.07 Å². The minimum Gasteiger partial charge on any atom is -0.507 e. The van der Waals surface area contributed by atoms with E-state index in [-0.39, 0.29) is 23.1 Å². The highest BCUT2D eigenvalue weighted by Crippen LogP contribution is 2.16. The normalized spacial score (nSPS) is 15.4. The predicted octanol–water partition coefficient (Wildman–Crippen LogP) is -0.615. The monoisotopic (exact) mass is 265 g/mol. The molecule has 1 aliphatic rings. The number of hydrogen-bond acceptors (Lipinski definition) is 4. The summed E-state index contributed by atoms with van der Waals surface area (Å²) in [5, 5.41) is 9.60. The molecule has 1 saturated heterocycles. The van der Waals surface area contributed by atoms with Crippen molar-refractivity contribution in [3.05, 3.63) is 28.2 Å². The van der Waals surface area contributed by atoms with Crippen LogP contribution in [0.5, 0.6) is 5.75 Å². The van der Waals surface area contributed by atoms with Gasteiger partial charge in [0.1, 0.15) is 5.75 Å². The summed E-state index contributed by atoms with van der Waals surface area (Å²) in [6, 6.07) is 0.971. The third kappa shape index (κ3) is 2.75. The van der Waals surface area contributed by atoms with Crippen molar-refractivity contribution in [3.8, 4) is 5.75 Å². The highest BCUT2D eigenvalue weighted by atomic mass is 16.3. The number of nitrogens with one attached hydrogen (secondary N) is 1. The molecule has 0 spiro atoms. The smallest absolute Gasteiger partial charge is 0.259 e. The second-order valence-corrected chi connectivity index (χ2v) is 4.39. The summed E-state index contributed by atoms with van der Waals surface area (Å²) in [6.45, 7) is 3.27. The number of nitrogens with zero attached hydrogens (tertiary/aromatic N) is 2. The van der Waals surface area contributed by atoms with Gasteiger partial charge in [0.2, 0.25) is 5.91 Å². The predicted molar refractivity (Wildman–Crippen MR) is 66.9 cm³/mol. The average molecular weight is 265 g/mol. The Balaban J connectivity index is 2.09. The van der Waals surface area contributed by atoms with E-state index in [9.17, 15) is 19.5 Å². The van der Waals surface area contributed by atoms with E-state index in [1.807, 2.05) is 0 Å². The average Bonchev–Trinajstić information content (AvgIpc) is 2.38. The van der Waals surface area contributed by atoms with Crippen LogP contribution in [0.25, 0.3) is 0 Å². The largest absolute Gasteiger partial charge is 0.507 e. The highest BCUT2D eigenvalue weighted by Gasteiger charge is 2.24. The van der Waals surface area contributed by atoms with Gasteiger partial charge >= 0.3 is 0 Å². The Kier molecular flexibility index (Phi) is 3.55. The first-order valence-corrected chi connectivity index (χ1v) is 5.95. The Hall–Kier alpha value is -2.31. The van der Waals surface area contributed by atoms with Gasteiger partial charge in [-0.25, -0.2) is 0 Å². The van der Waals surface area contributed by atoms with Gasteiger partial charge in [0.25, 0.3) is 11.5 Å². The zero-order chi connectivity index (χ0) is 14.0. The molecule has 0 saturated carbocycles. The van der Waals surface area contributed by atoms with Crippen LogP contribution in [0.4, 0.5) is 0 Å². The van der Waals surface area contributed by atoms with Crippen LogP contribution in [0.1, 0.15) is 17.3 Å². The molecular weight excluding hydrogens is 250 g/mol. The van der Waals surface area contributed by atoms with E-state index >= 15 is 0 Å². The van der Waals surface area contributed by atoms with E-state index in [2.05, 4.69) is 4.98 Å². The standard InChI is InChI=1S/C12H15N3O4/c1-8(16)14-2-4-15(5-3-14)12(19)9-7-13-11(18)6-10(9)17/h6-7H,2-5H2,1H3,(H2,13,17,18). The summed E-state index contributed by atoms with van der Waals surface area (Å²) < 4.78 is 0. The van der Waals surface area contributed by atoms with E-state index in [1.54, 1.807) is 9.80 Å². The molecule has 1 aromatic rings. The van der Waals surface area contributed by atoms with Crippen molar-refractivity contribution in [2.24, 2.45) is 0 Å². The zero-order valence-corrected chi connectivity index (χ0v) is 10.5. The molecule has 2 amide bonds. The van der Waals surface area contributed by atoms with Crippen molar-refractivity contribution in [1.29, 1.82) is 0 Å². The number of hydrogen-bond donors (Lipinski definition) is 2. The van der Waals surface area contributed by atoms with E-state index < -0.39 is 5.56 Å². The molecule has 0 unspecified atom stereocenters. The molecule has 1 aromatic heterocycles. The van der Waals surface area contributed by atoms with Crippen LogP contribution in [0, 0.1) is 0 Å². The molecule has 2 heterocycles. The molecule has 2 rings (SSSR count). The van der Waals surface area contributed by atoms with E-state index in [0.29, 0.717) is 26.2 Å². The van der Waals surface area contributed by atoms with Gasteiger partial charge in [-0.05, 0) is 0 Å². The van der Waals surface area contributed by atoms with Crippen LogP contribution in [-0.4, -0.2) is 57.9 Å². The van der Waals surface area contributed by atoms with Gasteiger partial charge in [0.05, 0.1) is 5.56 Å². The number of aromatic amines is 1. The Morgan fingerprint density at radius 1 is 1.21 bits per heavy atom. The summed E-state index contributed by atoms with van der Waals surface area (Å²) in [6.07, 6.45) is 1.21. The van der Waals surface area contributed by atoms with Gasteiger partial charge in [-0.1, -0.05) is 0 Å². The Labute approximate surface area is 109 Å². The fraction of sp³-hybridized carbons (Fsp3) is 0.417. The Morgan fingerprint density at radius 3 is 2.32 bits per heavy atom. The first-order valence-electron chi connectivity index (χ1n) is 5.95. The zero-order valence-electron chi connectivity index (χ0n) is 10.5. The molecule has 102 valence electrons. The van der Waals surface area contributed by atoms with Gasteiger partial charge in [0, 0.05) is 45.4 Å². The maximum absolute atomic E-state index is 12.1. The summed E-state index contributed by atoms with van der Waals surface area (Å²) in [5.74, 6) is -0.696. The van der Waals surface area contributed by atoms with Gasteiger partial charge in [-0.3, -0.25) is 14.4 Å². The molecule has 7 heteroatoms. The number of H-pyrrole nitrogens is 1. The van der Waals surface area contributed by atoms with Gasteiger partial charge < -0.3 is 19.9 Å². The number of rotatable bonds is 1. The fourth-order valence-corrected chi connectivity index (χ4v) is 2.03. The van der Waals surface area contributed by atoms with Crippen LogP contribution < -0.4 is 5.56 Å². The molecular formula is C12H15N3O4. The molecule has 0 atom stereocenters. The number of carbonyl (C=O) groups is 2. The van der Waals surface area contributed by atoms with Crippen LogP contribution in [0.15, 0.2) is 17.1 Å². The van der Waals surface area contributed by atoms with Crippen molar-refractivity contribution in [3.63, 3.8) is 0 Å². The molecule has 7 nitrogen and oxygen atoms in total. The van der Waals surface area contributed by atoms with Gasteiger partial charge in [-0.15, -0.1) is 0 Å². The number of carbonyl (C=O) groups excluding carboxylic acids is 2. The number of aromatic nitrogens is 1. The topological polar surface area (TPSA) is 93.7 Å². The van der Waals surface area contributed by atoms with Gasteiger partial charge in [0.15, 0.2) is 0 Å². The lowest BCUT2D eigenvalue weighted by Crippen LogP contribution is -2.50. The van der Waals surface area contributed by atoms with Crippen LogP contribution >= 0.6 is 0 Å². The van der Waals surface area contributed by atoms with Crippen LogP contribution in [-0.2, 0) is 4.79 Å². The number of pyridine rings is 1. The lowest BCUT2D eigenvalue weighted by Gasteiger charge is -2.34. The highest BCUT2D eigenvalue weighted by molar-refractivity contribution is 5.96. The molecule has 0 bridgehead atoms. The molecule has 2 N–H and O–H groups in total. The Bertz CT molecular complexity index is 558. The van der Waals surface area contributed by atoms with Crippen molar-refractivity contribution in [2.45, 2.75) is 6.92 Å². The first kappa shape index (κ1) is 13.1. The number of aromatic hydroxyl groups is 1. The fourth-order valence-electron chi connectivity index (χ4n) is 2.03. The minimum absolute atomic E-state index is 0.0148. The molecule has 0 aromatic carbocycles. The quantitative estimate of drug-likeness (QED) is 0.708. The van der Waals surface area contributed by atoms with Crippen LogP contribution in [0.2, 0.25) is 0 Å². The SMILES string of the molecule is CC(=O)N1CCN(C(=O)c2c[nH]c(=O)cc2O)CC1. The second-order valence-electron chi connectivity index (χ2n) is 4.39. The summed E-state index contributed by atoms with van der Waals surface area (Å²) in [7, 11) is 0. The van der Waals surface area contributed by atoms with Crippen molar-refractivity contribution in [1.82, 2.24) is 14.8 Å². The molecule has 1 aliphatic heterocycles. The molecule has 19 heavy (non-hydrogen) atoms. The third-order valence-electron chi connectivity index (χ3n) is 3.15. The van der Waals surface area contributed by atoms with Crippen LogP contribution in [0.3, 0.4) is 0 Å². The van der Waals surface area contributed by atoms with E-state index in [4.69, 9.17) is 0 Å². The maximum Gasteiger partial charge on any atom is 0.259 e. The molecule has 1 fully saturated rings. The van der Waals surface area contributed by atoms with Crippen molar-refractivity contribution >= 4 is 11.8 Å². The minimum atomic E-state index is -0.463. The summed E-state index contributed by atoms with van der Waals surface area (Å²) in [5.41, 5.74) is -0.397. The lowest BCUT2D eigenvalue weighted by molar-refractivity contribution is -0.130. The second kappa shape index (κ2) is 5.13. The lowest BCUT2D eigenvalue weighted by atomic mass is 10.2. The van der Waals surface area contributed by atoms with Crippen molar-refractivity contribution in [2.75, 3.05) is 26.2 Å². The van der Waals surface area contributed by atoms with E-state index in [1.165, 1.54) is 13.1 Å². The van der Waals surface area contributed by atoms with Gasteiger partial charge in [-0.2, -0.15) is 0 Å². The Morgan fingerprint density at radius 2 is 1.79 bits per heavy atom. The summed E-state index contributed by atoms with van der Waals surface area (Å²) >= 11 is 0. The molecule has 0 radical (unpaired) electrons. The number of piperazine rings is 1. The van der Waals surface area contributed by atoms with Crippen molar-refractivity contribution < 1.29 is 14.7 Å². The summed E-state index contributed by atoms with van der Waals surface area (Å²) in [4.78, 5) is 39.9. The number of amides is 2. The first-order chi connectivity index (χ1) is 8.99. The molecule has 0 aliphatic carbocycles.